The highest BCUT2D eigenvalue weighted by Crippen LogP contribution is 2.27. The quantitative estimate of drug-likeness (QED) is 0.783. The number of hydrogen-bond donors (Lipinski definition) is 3. The van der Waals surface area contributed by atoms with Gasteiger partial charge in [0.2, 0.25) is 5.82 Å². The Morgan fingerprint density at radius 1 is 1.38 bits per heavy atom. The number of nitrogens with zero attached hydrogens (tertiary/aromatic N) is 2. The standard InChI is InChI=1S/C13H13BrN4O3/c1-6(2)10-16-11(18-17-10)12(19)15-9-7(13(20)21)4-3-5-8(9)14/h3-6H,1-2H3,(H,15,19)(H,20,21)(H,16,17,18). The van der Waals surface area contributed by atoms with Crippen molar-refractivity contribution >= 4 is 33.5 Å². The average molecular weight is 353 g/mol. The monoisotopic (exact) mass is 352 g/mol. The van der Waals surface area contributed by atoms with Crippen LogP contribution in [0, 0.1) is 0 Å². The maximum absolute atomic E-state index is 12.1. The van der Waals surface area contributed by atoms with Crippen molar-refractivity contribution < 1.29 is 14.7 Å². The number of benzene rings is 1. The third-order valence-electron chi connectivity index (χ3n) is 2.74. The lowest BCUT2D eigenvalue weighted by atomic mass is 10.2. The lowest BCUT2D eigenvalue weighted by Crippen LogP contribution is -2.17. The topological polar surface area (TPSA) is 108 Å². The van der Waals surface area contributed by atoms with Gasteiger partial charge < -0.3 is 10.4 Å². The van der Waals surface area contributed by atoms with Crippen LogP contribution < -0.4 is 5.32 Å². The van der Waals surface area contributed by atoms with Gasteiger partial charge in [-0.3, -0.25) is 9.89 Å². The van der Waals surface area contributed by atoms with Crippen LogP contribution in [0.15, 0.2) is 22.7 Å². The summed E-state index contributed by atoms with van der Waals surface area (Å²) in [5.41, 5.74) is 0.156. The predicted octanol–water partition coefficient (Wildman–Crippen LogP) is 2.64. The van der Waals surface area contributed by atoms with Crippen LogP contribution >= 0.6 is 15.9 Å². The molecule has 0 unspecified atom stereocenters. The lowest BCUT2D eigenvalue weighted by Gasteiger charge is -2.08. The number of halogens is 1. The third kappa shape index (κ3) is 3.27. The Hall–Kier alpha value is -2.22. The minimum Gasteiger partial charge on any atom is -0.478 e. The highest BCUT2D eigenvalue weighted by molar-refractivity contribution is 9.10. The number of carbonyl (C=O) groups is 2. The largest absolute Gasteiger partial charge is 0.478 e. The van der Waals surface area contributed by atoms with Gasteiger partial charge in [0.15, 0.2) is 0 Å². The van der Waals surface area contributed by atoms with E-state index in [9.17, 15) is 9.59 Å². The van der Waals surface area contributed by atoms with E-state index in [4.69, 9.17) is 5.11 Å². The maximum atomic E-state index is 12.1. The van der Waals surface area contributed by atoms with Crippen molar-refractivity contribution in [1.82, 2.24) is 15.2 Å². The number of carbonyl (C=O) groups excluding carboxylic acids is 1. The fourth-order valence-corrected chi connectivity index (χ4v) is 2.10. The summed E-state index contributed by atoms with van der Waals surface area (Å²) >= 11 is 3.22. The molecule has 3 N–H and O–H groups in total. The summed E-state index contributed by atoms with van der Waals surface area (Å²) in [6.07, 6.45) is 0. The molecule has 0 saturated heterocycles. The van der Waals surface area contributed by atoms with Crippen LogP contribution in [0.4, 0.5) is 5.69 Å². The molecule has 0 aliphatic carbocycles. The highest BCUT2D eigenvalue weighted by Gasteiger charge is 2.19. The maximum Gasteiger partial charge on any atom is 0.337 e. The zero-order valence-corrected chi connectivity index (χ0v) is 12.9. The Morgan fingerprint density at radius 2 is 2.10 bits per heavy atom. The first kappa shape index (κ1) is 15.2. The van der Waals surface area contributed by atoms with Gasteiger partial charge in [-0.05, 0) is 28.1 Å². The zero-order valence-electron chi connectivity index (χ0n) is 11.3. The minimum atomic E-state index is -1.13. The Bertz CT molecular complexity index is 696. The Kier molecular flexibility index (Phi) is 4.37. The summed E-state index contributed by atoms with van der Waals surface area (Å²) in [6, 6.07) is 4.62. The number of rotatable bonds is 4. The number of hydrogen-bond acceptors (Lipinski definition) is 4. The summed E-state index contributed by atoms with van der Waals surface area (Å²) in [7, 11) is 0. The molecule has 1 aromatic carbocycles. The van der Waals surface area contributed by atoms with Gasteiger partial charge in [0, 0.05) is 10.4 Å². The molecule has 2 aromatic rings. The summed E-state index contributed by atoms with van der Waals surface area (Å²) in [4.78, 5) is 27.4. The van der Waals surface area contributed by atoms with Gasteiger partial charge in [0.1, 0.15) is 5.82 Å². The first-order valence-corrected chi connectivity index (χ1v) is 6.95. The van der Waals surface area contributed by atoms with Crippen molar-refractivity contribution in [2.24, 2.45) is 0 Å². The van der Waals surface area contributed by atoms with E-state index in [1.54, 1.807) is 12.1 Å². The number of carboxylic acid groups (broad SMARTS) is 1. The van der Waals surface area contributed by atoms with E-state index in [0.717, 1.165) is 0 Å². The van der Waals surface area contributed by atoms with E-state index in [1.807, 2.05) is 13.8 Å². The number of H-pyrrole nitrogens is 1. The van der Waals surface area contributed by atoms with E-state index < -0.39 is 11.9 Å². The average Bonchev–Trinajstić information content (AvgIpc) is 2.90. The van der Waals surface area contributed by atoms with E-state index in [1.165, 1.54) is 6.07 Å². The molecule has 1 amide bonds. The highest BCUT2D eigenvalue weighted by atomic mass is 79.9. The van der Waals surface area contributed by atoms with Crippen molar-refractivity contribution in [2.45, 2.75) is 19.8 Å². The van der Waals surface area contributed by atoms with Crippen LogP contribution in [0.3, 0.4) is 0 Å². The second-order valence-electron chi connectivity index (χ2n) is 4.62. The van der Waals surface area contributed by atoms with Crippen LogP contribution in [-0.4, -0.2) is 32.2 Å². The van der Waals surface area contributed by atoms with E-state index >= 15 is 0 Å². The number of nitrogens with one attached hydrogen (secondary N) is 2. The predicted molar refractivity (Wildman–Crippen MR) is 79.5 cm³/mol. The van der Waals surface area contributed by atoms with E-state index in [2.05, 4.69) is 36.4 Å². The number of anilines is 1. The Labute approximate surface area is 128 Å². The van der Waals surface area contributed by atoms with Crippen molar-refractivity contribution in [3.05, 3.63) is 39.9 Å². The molecule has 110 valence electrons. The molecule has 0 bridgehead atoms. The molecule has 0 spiro atoms. The molecule has 0 aliphatic heterocycles. The lowest BCUT2D eigenvalue weighted by molar-refractivity contribution is 0.0698. The van der Waals surface area contributed by atoms with Crippen LogP contribution in [0.5, 0.6) is 0 Å². The van der Waals surface area contributed by atoms with Crippen molar-refractivity contribution in [1.29, 1.82) is 0 Å². The number of aromatic amines is 1. The first-order chi connectivity index (χ1) is 9.90. The Morgan fingerprint density at radius 3 is 2.67 bits per heavy atom. The number of carboxylic acids is 1. The Balaban J connectivity index is 2.29. The first-order valence-electron chi connectivity index (χ1n) is 6.15. The molecule has 0 fully saturated rings. The molecule has 8 heteroatoms. The summed E-state index contributed by atoms with van der Waals surface area (Å²) in [5, 5.41) is 18.2. The van der Waals surface area contributed by atoms with Crippen LogP contribution in [-0.2, 0) is 0 Å². The second kappa shape index (κ2) is 6.04. The smallest absolute Gasteiger partial charge is 0.337 e. The van der Waals surface area contributed by atoms with Gasteiger partial charge in [0.05, 0.1) is 11.3 Å². The van der Waals surface area contributed by atoms with Crippen LogP contribution in [0.1, 0.15) is 46.6 Å². The molecule has 1 aromatic heterocycles. The second-order valence-corrected chi connectivity index (χ2v) is 5.47. The van der Waals surface area contributed by atoms with Crippen molar-refractivity contribution in [3.8, 4) is 0 Å². The van der Waals surface area contributed by atoms with Gasteiger partial charge >= 0.3 is 5.97 Å². The number of amides is 1. The minimum absolute atomic E-state index is 0.0163. The number of aromatic nitrogens is 3. The number of aromatic carboxylic acids is 1. The summed E-state index contributed by atoms with van der Waals surface area (Å²) in [6.45, 7) is 3.83. The molecule has 0 aliphatic rings. The normalized spacial score (nSPS) is 10.7. The van der Waals surface area contributed by atoms with Gasteiger partial charge in [-0.25, -0.2) is 9.78 Å². The summed E-state index contributed by atoms with van der Waals surface area (Å²) < 4.78 is 0.468. The molecular weight excluding hydrogens is 340 g/mol. The van der Waals surface area contributed by atoms with Crippen LogP contribution in [0.25, 0.3) is 0 Å². The molecule has 0 radical (unpaired) electrons. The molecule has 2 rings (SSSR count). The molecule has 7 nitrogen and oxygen atoms in total. The SMILES string of the molecule is CC(C)c1nc(C(=O)Nc2c(Br)cccc2C(=O)O)n[nH]1. The van der Waals surface area contributed by atoms with Crippen molar-refractivity contribution in [3.63, 3.8) is 0 Å². The molecule has 0 saturated carbocycles. The number of para-hydroxylation sites is 1. The fraction of sp³-hybridized carbons (Fsp3) is 0.231. The van der Waals surface area contributed by atoms with E-state index in [-0.39, 0.29) is 23.0 Å². The van der Waals surface area contributed by atoms with Crippen LogP contribution in [0.2, 0.25) is 0 Å². The van der Waals surface area contributed by atoms with Gasteiger partial charge in [-0.15, -0.1) is 5.10 Å². The van der Waals surface area contributed by atoms with Gasteiger partial charge in [-0.1, -0.05) is 19.9 Å². The van der Waals surface area contributed by atoms with Gasteiger partial charge in [-0.2, -0.15) is 0 Å². The van der Waals surface area contributed by atoms with Crippen molar-refractivity contribution in [2.75, 3.05) is 5.32 Å². The molecule has 1 heterocycles. The molecular formula is C13H13BrN4O3. The molecule has 21 heavy (non-hydrogen) atoms. The summed E-state index contributed by atoms with van der Waals surface area (Å²) in [5.74, 6) is -1.05. The third-order valence-corrected chi connectivity index (χ3v) is 3.40. The molecule has 0 atom stereocenters. The zero-order chi connectivity index (χ0) is 15.6. The fourth-order valence-electron chi connectivity index (χ4n) is 1.63. The van der Waals surface area contributed by atoms with Gasteiger partial charge in [0.25, 0.3) is 5.91 Å². The van der Waals surface area contributed by atoms with E-state index in [0.29, 0.717) is 10.3 Å².